The number of likely N-dealkylation sites (tertiary alicyclic amines) is 1. The number of ether oxygens (including phenoxy) is 1. The molecule has 2 aromatic carbocycles. The highest BCUT2D eigenvalue weighted by Gasteiger charge is 2.46. The minimum Gasteiger partial charge on any atom is -0.507 e. The molecule has 0 aromatic heterocycles. The van der Waals surface area contributed by atoms with Gasteiger partial charge in [0.2, 0.25) is 0 Å². The van der Waals surface area contributed by atoms with E-state index in [0.717, 1.165) is 6.42 Å². The molecule has 1 aliphatic heterocycles. The molecule has 1 atom stereocenters. The molecule has 2 aromatic rings. The quantitative estimate of drug-likeness (QED) is 0.337. The molecule has 8 heteroatoms. The van der Waals surface area contributed by atoms with Gasteiger partial charge < -0.3 is 19.6 Å². The highest BCUT2D eigenvalue weighted by atomic mass is 35.5. The van der Waals surface area contributed by atoms with Crippen LogP contribution in [0.25, 0.3) is 5.76 Å². The molecular formula is C24H26Cl2N2O4. The first-order valence-electron chi connectivity index (χ1n) is 10.4. The van der Waals surface area contributed by atoms with Crippen molar-refractivity contribution < 1.29 is 19.4 Å². The number of Topliss-reactive ketones (excluding diaryl/α,β-unsaturated/α-hetero) is 1. The Morgan fingerprint density at radius 2 is 1.81 bits per heavy atom. The first-order chi connectivity index (χ1) is 15.2. The summed E-state index contributed by atoms with van der Waals surface area (Å²) >= 11 is 12.5. The van der Waals surface area contributed by atoms with E-state index < -0.39 is 17.7 Å². The summed E-state index contributed by atoms with van der Waals surface area (Å²) in [7, 11) is 3.76. The topological polar surface area (TPSA) is 70.1 Å². The lowest BCUT2D eigenvalue weighted by Gasteiger charge is -2.27. The maximum atomic E-state index is 13.0. The molecule has 1 heterocycles. The predicted molar refractivity (Wildman–Crippen MR) is 126 cm³/mol. The van der Waals surface area contributed by atoms with Crippen molar-refractivity contribution in [1.29, 1.82) is 0 Å². The van der Waals surface area contributed by atoms with E-state index >= 15 is 0 Å². The van der Waals surface area contributed by atoms with Gasteiger partial charge in [0.05, 0.1) is 18.2 Å². The third-order valence-corrected chi connectivity index (χ3v) is 5.75. The van der Waals surface area contributed by atoms with Gasteiger partial charge >= 0.3 is 0 Å². The molecule has 0 spiro atoms. The Bertz CT molecular complexity index is 1030. The molecule has 0 saturated carbocycles. The molecule has 1 fully saturated rings. The van der Waals surface area contributed by atoms with Crippen LogP contribution in [0.15, 0.2) is 48.0 Å². The maximum Gasteiger partial charge on any atom is 0.295 e. The number of carbonyl (C=O) groups excluding carboxylic acids is 2. The van der Waals surface area contributed by atoms with Gasteiger partial charge in [0.15, 0.2) is 0 Å². The number of aliphatic hydroxyl groups excluding tert-OH is 1. The number of carbonyl (C=O) groups is 2. The normalized spacial score (nSPS) is 17.9. The number of hydrogen-bond acceptors (Lipinski definition) is 5. The van der Waals surface area contributed by atoms with E-state index in [1.165, 1.54) is 4.90 Å². The SMILES string of the molecule is CCCOc1ccc(/C(O)=C2\C(=O)C(=O)N(CCN(C)C)C2c2ccc(Cl)cc2Cl)cc1. The van der Waals surface area contributed by atoms with Gasteiger partial charge in [0.1, 0.15) is 11.5 Å². The van der Waals surface area contributed by atoms with E-state index in [9.17, 15) is 14.7 Å². The zero-order chi connectivity index (χ0) is 23.4. The highest BCUT2D eigenvalue weighted by molar-refractivity contribution is 6.47. The molecule has 0 aliphatic carbocycles. The standard InChI is InChI=1S/C24H26Cl2N2O4/c1-4-13-32-17-8-5-15(6-9-17)22(29)20-21(18-10-7-16(25)14-19(18)26)28(12-11-27(2)3)24(31)23(20)30/h5-10,14,21,29H,4,11-13H2,1-3H3/b22-20+. The van der Waals surface area contributed by atoms with Crippen molar-refractivity contribution in [3.8, 4) is 5.75 Å². The molecule has 170 valence electrons. The van der Waals surface area contributed by atoms with E-state index in [1.54, 1.807) is 42.5 Å². The Kier molecular flexibility index (Phi) is 7.82. The third-order valence-electron chi connectivity index (χ3n) is 5.19. The van der Waals surface area contributed by atoms with Gasteiger partial charge in [-0.25, -0.2) is 0 Å². The summed E-state index contributed by atoms with van der Waals surface area (Å²) in [5.41, 5.74) is 0.938. The number of aliphatic hydroxyl groups is 1. The predicted octanol–water partition coefficient (Wildman–Crippen LogP) is 4.77. The van der Waals surface area contributed by atoms with Crippen molar-refractivity contribution >= 4 is 40.7 Å². The minimum atomic E-state index is -0.823. The van der Waals surface area contributed by atoms with Gasteiger partial charge in [-0.1, -0.05) is 36.2 Å². The first kappa shape index (κ1) is 24.1. The molecule has 1 saturated heterocycles. The van der Waals surface area contributed by atoms with Crippen LogP contribution in [0.3, 0.4) is 0 Å². The number of rotatable bonds is 8. The summed E-state index contributed by atoms with van der Waals surface area (Å²) in [6.45, 7) is 3.43. The second kappa shape index (κ2) is 10.4. The summed E-state index contributed by atoms with van der Waals surface area (Å²) in [4.78, 5) is 29.3. The Labute approximate surface area is 198 Å². The summed E-state index contributed by atoms with van der Waals surface area (Å²) in [6.07, 6.45) is 0.875. The Balaban J connectivity index is 2.09. The Hall–Kier alpha value is -2.54. The molecule has 32 heavy (non-hydrogen) atoms. The summed E-state index contributed by atoms with van der Waals surface area (Å²) in [6, 6.07) is 10.8. The van der Waals surface area contributed by atoms with Crippen LogP contribution in [0.4, 0.5) is 0 Å². The van der Waals surface area contributed by atoms with Gasteiger partial charge in [0, 0.05) is 28.7 Å². The number of ketones is 1. The fraction of sp³-hybridized carbons (Fsp3) is 0.333. The van der Waals surface area contributed by atoms with E-state index in [1.807, 2.05) is 25.9 Å². The number of benzene rings is 2. The van der Waals surface area contributed by atoms with Gasteiger partial charge in [-0.3, -0.25) is 9.59 Å². The lowest BCUT2D eigenvalue weighted by atomic mass is 9.95. The zero-order valence-electron chi connectivity index (χ0n) is 18.3. The lowest BCUT2D eigenvalue weighted by molar-refractivity contribution is -0.140. The number of halogens is 2. The molecule has 1 aliphatic rings. The molecule has 3 rings (SSSR count). The molecule has 0 radical (unpaired) electrons. The fourth-order valence-corrected chi connectivity index (χ4v) is 4.06. The van der Waals surface area contributed by atoms with Crippen LogP contribution in [0.2, 0.25) is 10.0 Å². The summed E-state index contributed by atoms with van der Waals surface area (Å²) in [5.74, 6) is -1.02. The van der Waals surface area contributed by atoms with Gasteiger partial charge in [-0.15, -0.1) is 0 Å². The molecule has 6 nitrogen and oxygen atoms in total. The molecule has 1 N–H and O–H groups in total. The largest absolute Gasteiger partial charge is 0.507 e. The van der Waals surface area contributed by atoms with Crippen molar-refractivity contribution in [2.75, 3.05) is 33.8 Å². The van der Waals surface area contributed by atoms with E-state index in [-0.39, 0.29) is 11.3 Å². The smallest absolute Gasteiger partial charge is 0.295 e. The van der Waals surface area contributed by atoms with Crippen LogP contribution in [0.1, 0.15) is 30.5 Å². The van der Waals surface area contributed by atoms with Crippen molar-refractivity contribution in [3.63, 3.8) is 0 Å². The van der Waals surface area contributed by atoms with Gasteiger partial charge in [0.25, 0.3) is 11.7 Å². The van der Waals surface area contributed by atoms with Crippen LogP contribution >= 0.6 is 23.2 Å². The van der Waals surface area contributed by atoms with Crippen molar-refractivity contribution in [2.24, 2.45) is 0 Å². The molecule has 1 unspecified atom stereocenters. The zero-order valence-corrected chi connectivity index (χ0v) is 19.8. The number of likely N-dealkylation sites (N-methyl/N-ethyl adjacent to an activating group) is 1. The Morgan fingerprint density at radius 3 is 2.41 bits per heavy atom. The maximum absolute atomic E-state index is 13.0. The van der Waals surface area contributed by atoms with Crippen molar-refractivity contribution in [1.82, 2.24) is 9.80 Å². The van der Waals surface area contributed by atoms with Crippen molar-refractivity contribution in [3.05, 3.63) is 69.2 Å². The second-order valence-corrected chi connectivity index (χ2v) is 8.68. The van der Waals surface area contributed by atoms with Gasteiger partial charge in [-0.2, -0.15) is 0 Å². The first-order valence-corrected chi connectivity index (χ1v) is 11.1. The van der Waals surface area contributed by atoms with Crippen LogP contribution in [0.5, 0.6) is 5.75 Å². The van der Waals surface area contributed by atoms with Crippen LogP contribution in [0, 0.1) is 0 Å². The Morgan fingerprint density at radius 1 is 1.12 bits per heavy atom. The van der Waals surface area contributed by atoms with Crippen LogP contribution in [-0.2, 0) is 9.59 Å². The summed E-state index contributed by atoms with van der Waals surface area (Å²) < 4.78 is 5.58. The minimum absolute atomic E-state index is 0.000190. The molecular weight excluding hydrogens is 451 g/mol. The van der Waals surface area contributed by atoms with Gasteiger partial charge in [-0.05, 0) is 62.5 Å². The van der Waals surface area contributed by atoms with E-state index in [0.29, 0.717) is 46.6 Å². The van der Waals surface area contributed by atoms with Crippen LogP contribution < -0.4 is 4.74 Å². The van der Waals surface area contributed by atoms with E-state index in [2.05, 4.69) is 0 Å². The lowest BCUT2D eigenvalue weighted by Crippen LogP contribution is -2.35. The van der Waals surface area contributed by atoms with Crippen LogP contribution in [-0.4, -0.2) is 60.4 Å². The average Bonchev–Trinajstić information content (AvgIpc) is 3.00. The van der Waals surface area contributed by atoms with Crippen molar-refractivity contribution in [2.45, 2.75) is 19.4 Å². The fourth-order valence-electron chi connectivity index (χ4n) is 3.55. The highest BCUT2D eigenvalue weighted by Crippen LogP contribution is 2.42. The molecule has 1 amide bonds. The number of nitrogens with zero attached hydrogens (tertiary/aromatic N) is 2. The van der Waals surface area contributed by atoms with E-state index in [4.69, 9.17) is 27.9 Å². The number of hydrogen-bond donors (Lipinski definition) is 1. The monoisotopic (exact) mass is 476 g/mol. The average molecular weight is 477 g/mol. The summed E-state index contributed by atoms with van der Waals surface area (Å²) in [5, 5.41) is 11.9. The molecule has 0 bridgehead atoms. The second-order valence-electron chi connectivity index (χ2n) is 7.83. The number of amides is 1. The third kappa shape index (κ3) is 5.09.